The van der Waals surface area contributed by atoms with Crippen LogP contribution >= 0.6 is 0 Å². The van der Waals surface area contributed by atoms with Gasteiger partial charge in [0.1, 0.15) is 0 Å². The zero-order chi connectivity index (χ0) is 14.6. The molecule has 0 radical (unpaired) electrons. The Bertz CT molecular complexity index is 299. The van der Waals surface area contributed by atoms with Crippen molar-refractivity contribution < 1.29 is 9.90 Å². The molecule has 1 amide bonds. The summed E-state index contributed by atoms with van der Waals surface area (Å²) in [5, 5.41) is 12.9. The van der Waals surface area contributed by atoms with Crippen LogP contribution in [0.2, 0.25) is 0 Å². The summed E-state index contributed by atoms with van der Waals surface area (Å²) in [5.74, 6) is 1.31. The van der Waals surface area contributed by atoms with E-state index in [9.17, 15) is 9.90 Å². The lowest BCUT2D eigenvalue weighted by atomic mass is 9.78. The van der Waals surface area contributed by atoms with Crippen LogP contribution in [0.3, 0.4) is 0 Å². The molecule has 2 N–H and O–H groups in total. The van der Waals surface area contributed by atoms with Gasteiger partial charge in [-0.25, -0.2) is 0 Å². The topological polar surface area (TPSA) is 52.6 Å². The molecule has 0 spiro atoms. The largest absolute Gasteiger partial charge is 0.389 e. The summed E-state index contributed by atoms with van der Waals surface area (Å²) in [6.45, 7) is 8.86. The van der Waals surface area contributed by atoms with E-state index in [1.54, 1.807) is 13.8 Å². The molecular formula is C15H30N2O2. The van der Waals surface area contributed by atoms with Gasteiger partial charge < -0.3 is 10.4 Å². The fourth-order valence-corrected chi connectivity index (χ4v) is 3.00. The number of hydrogen-bond donors (Lipinski definition) is 2. The van der Waals surface area contributed by atoms with Crippen molar-refractivity contribution in [3.63, 3.8) is 0 Å². The van der Waals surface area contributed by atoms with Crippen molar-refractivity contribution in [2.75, 3.05) is 20.1 Å². The molecule has 1 fully saturated rings. The van der Waals surface area contributed by atoms with Crippen LogP contribution in [0.4, 0.5) is 0 Å². The van der Waals surface area contributed by atoms with Crippen molar-refractivity contribution in [1.29, 1.82) is 0 Å². The molecule has 3 atom stereocenters. The van der Waals surface area contributed by atoms with Gasteiger partial charge in [0.05, 0.1) is 12.1 Å². The molecule has 1 saturated carbocycles. The number of hydrogen-bond acceptors (Lipinski definition) is 3. The van der Waals surface area contributed by atoms with Crippen LogP contribution in [0.15, 0.2) is 0 Å². The van der Waals surface area contributed by atoms with E-state index in [1.807, 2.05) is 11.9 Å². The Morgan fingerprint density at radius 2 is 2.00 bits per heavy atom. The van der Waals surface area contributed by atoms with Gasteiger partial charge in [0.2, 0.25) is 5.91 Å². The number of nitrogens with one attached hydrogen (secondary N) is 1. The molecule has 0 bridgehead atoms. The van der Waals surface area contributed by atoms with Crippen LogP contribution in [-0.2, 0) is 4.79 Å². The second-order valence-corrected chi connectivity index (χ2v) is 6.93. The lowest BCUT2D eigenvalue weighted by Crippen LogP contribution is -2.48. The van der Waals surface area contributed by atoms with Gasteiger partial charge in [0, 0.05) is 12.6 Å². The normalized spacial score (nSPS) is 28.5. The standard InChI is InChI=1S/C15H30N2O2/c1-11-7-6-8-13(12(11)2)16-14(18)9-17(5)10-15(3,4)19/h11-13,19H,6-10H2,1-5H3,(H,16,18). The first-order valence-corrected chi connectivity index (χ1v) is 7.39. The van der Waals surface area contributed by atoms with Crippen LogP contribution in [0.5, 0.6) is 0 Å². The van der Waals surface area contributed by atoms with Gasteiger partial charge in [-0.05, 0) is 39.2 Å². The molecule has 1 rings (SSSR count). The SMILES string of the molecule is CC1CCCC(NC(=O)CN(C)CC(C)(C)O)C1C. The van der Waals surface area contributed by atoms with Crippen LogP contribution in [0.1, 0.15) is 47.0 Å². The van der Waals surface area contributed by atoms with E-state index in [-0.39, 0.29) is 5.91 Å². The van der Waals surface area contributed by atoms with E-state index in [0.29, 0.717) is 31.0 Å². The molecule has 0 aliphatic heterocycles. The Balaban J connectivity index is 2.38. The summed E-state index contributed by atoms with van der Waals surface area (Å²) < 4.78 is 0. The second-order valence-electron chi connectivity index (χ2n) is 6.93. The smallest absolute Gasteiger partial charge is 0.234 e. The molecule has 1 aliphatic rings. The van der Waals surface area contributed by atoms with E-state index < -0.39 is 5.60 Å². The highest BCUT2D eigenvalue weighted by Crippen LogP contribution is 2.29. The molecule has 112 valence electrons. The zero-order valence-electron chi connectivity index (χ0n) is 13.1. The number of amides is 1. The minimum atomic E-state index is -0.762. The summed E-state index contributed by atoms with van der Waals surface area (Å²) in [4.78, 5) is 13.9. The molecule has 1 aliphatic carbocycles. The molecule has 4 heteroatoms. The third kappa shape index (κ3) is 5.91. The summed E-state index contributed by atoms with van der Waals surface area (Å²) in [6.07, 6.45) is 3.56. The van der Waals surface area contributed by atoms with Crippen LogP contribution in [0, 0.1) is 11.8 Å². The van der Waals surface area contributed by atoms with Gasteiger partial charge in [0.25, 0.3) is 0 Å². The van der Waals surface area contributed by atoms with Gasteiger partial charge >= 0.3 is 0 Å². The van der Waals surface area contributed by atoms with Crippen molar-refractivity contribution in [3.8, 4) is 0 Å². The van der Waals surface area contributed by atoms with Crippen molar-refractivity contribution in [3.05, 3.63) is 0 Å². The Morgan fingerprint density at radius 3 is 2.58 bits per heavy atom. The molecule has 3 unspecified atom stereocenters. The molecule has 0 saturated heterocycles. The van der Waals surface area contributed by atoms with Crippen molar-refractivity contribution in [2.24, 2.45) is 11.8 Å². The molecular weight excluding hydrogens is 240 g/mol. The molecule has 4 nitrogen and oxygen atoms in total. The molecule has 19 heavy (non-hydrogen) atoms. The third-order valence-corrected chi connectivity index (χ3v) is 4.12. The van der Waals surface area contributed by atoms with Gasteiger partial charge in [-0.2, -0.15) is 0 Å². The van der Waals surface area contributed by atoms with Crippen molar-refractivity contribution in [1.82, 2.24) is 10.2 Å². The third-order valence-electron chi connectivity index (χ3n) is 4.12. The van der Waals surface area contributed by atoms with Gasteiger partial charge in [0.15, 0.2) is 0 Å². The Labute approximate surface area is 117 Å². The van der Waals surface area contributed by atoms with Gasteiger partial charge in [-0.3, -0.25) is 9.69 Å². The number of nitrogens with zero attached hydrogens (tertiary/aromatic N) is 1. The second kappa shape index (κ2) is 6.71. The van der Waals surface area contributed by atoms with Crippen LogP contribution in [0.25, 0.3) is 0 Å². The predicted molar refractivity (Wildman–Crippen MR) is 77.9 cm³/mol. The number of likely N-dealkylation sites (N-methyl/N-ethyl adjacent to an activating group) is 1. The maximum atomic E-state index is 12.0. The average molecular weight is 270 g/mol. The van der Waals surface area contributed by atoms with Crippen LogP contribution < -0.4 is 5.32 Å². The van der Waals surface area contributed by atoms with Crippen molar-refractivity contribution in [2.45, 2.75) is 58.6 Å². The molecule has 0 heterocycles. The first kappa shape index (κ1) is 16.4. The lowest BCUT2D eigenvalue weighted by Gasteiger charge is -2.35. The number of rotatable bonds is 5. The summed E-state index contributed by atoms with van der Waals surface area (Å²) in [6, 6.07) is 0.312. The first-order chi connectivity index (χ1) is 8.69. The molecule has 0 aromatic heterocycles. The minimum absolute atomic E-state index is 0.0673. The first-order valence-electron chi connectivity index (χ1n) is 7.39. The summed E-state index contributed by atoms with van der Waals surface area (Å²) in [5.41, 5.74) is -0.762. The van der Waals surface area contributed by atoms with E-state index in [4.69, 9.17) is 0 Å². The number of aliphatic hydroxyl groups is 1. The fourth-order valence-electron chi connectivity index (χ4n) is 3.00. The highest BCUT2D eigenvalue weighted by Gasteiger charge is 2.28. The Hall–Kier alpha value is -0.610. The maximum absolute atomic E-state index is 12.0. The maximum Gasteiger partial charge on any atom is 0.234 e. The minimum Gasteiger partial charge on any atom is -0.389 e. The van der Waals surface area contributed by atoms with E-state index in [2.05, 4.69) is 19.2 Å². The average Bonchev–Trinajstić information content (AvgIpc) is 2.21. The van der Waals surface area contributed by atoms with Gasteiger partial charge in [-0.1, -0.05) is 26.7 Å². The highest BCUT2D eigenvalue weighted by atomic mass is 16.3. The Morgan fingerprint density at radius 1 is 1.37 bits per heavy atom. The quantitative estimate of drug-likeness (QED) is 0.798. The van der Waals surface area contributed by atoms with E-state index in [0.717, 1.165) is 6.42 Å². The molecule has 0 aromatic rings. The van der Waals surface area contributed by atoms with E-state index >= 15 is 0 Å². The monoisotopic (exact) mass is 270 g/mol. The Kier molecular flexibility index (Phi) is 5.81. The zero-order valence-corrected chi connectivity index (χ0v) is 13.1. The highest BCUT2D eigenvalue weighted by molar-refractivity contribution is 5.78. The predicted octanol–water partition coefficient (Wildman–Crippen LogP) is 1.63. The summed E-state index contributed by atoms with van der Waals surface area (Å²) in [7, 11) is 1.87. The fraction of sp³-hybridized carbons (Fsp3) is 0.933. The van der Waals surface area contributed by atoms with E-state index in [1.165, 1.54) is 12.8 Å². The number of carbonyl (C=O) groups is 1. The number of carbonyl (C=O) groups excluding carboxylic acids is 1. The molecule has 0 aromatic carbocycles. The lowest BCUT2D eigenvalue weighted by molar-refractivity contribution is -0.123. The van der Waals surface area contributed by atoms with Crippen molar-refractivity contribution >= 4 is 5.91 Å². The van der Waals surface area contributed by atoms with Crippen LogP contribution in [-0.4, -0.2) is 47.7 Å². The summed E-state index contributed by atoms with van der Waals surface area (Å²) >= 11 is 0. The van der Waals surface area contributed by atoms with Gasteiger partial charge in [-0.15, -0.1) is 0 Å².